The molecule has 1 N–H and O–H groups in total. The number of hydrogen-bond donors (Lipinski definition) is 1. The number of carbonyl (C=O) groups is 2. The standard InChI is InChI=1S/C31H34N6O6/c1-4-5-13-28(38)36(29(21(2)3)31(39)43-25-10-8-9-23(18-25)20-42-37(40)41)19-22-14-16-24(17-15-22)26-11-6-7-12-27(26)30-32-34-35-33-30/h6-12,14-18,21,29H,4-5,13,19-20H2,1-3H3,(H,32,33,34,35)/t29-/m0/s1. The molecule has 1 atom stereocenters. The molecule has 3 aromatic carbocycles. The van der Waals surface area contributed by atoms with Crippen LogP contribution in [0.5, 0.6) is 5.75 Å². The number of H-pyrrole nitrogens is 1. The molecule has 12 heteroatoms. The van der Waals surface area contributed by atoms with Crippen LogP contribution in [0.2, 0.25) is 0 Å². The molecule has 0 saturated carbocycles. The van der Waals surface area contributed by atoms with Crippen molar-refractivity contribution in [1.82, 2.24) is 25.5 Å². The van der Waals surface area contributed by atoms with Crippen molar-refractivity contribution in [2.24, 2.45) is 5.92 Å². The van der Waals surface area contributed by atoms with Gasteiger partial charge in [0, 0.05) is 18.5 Å². The lowest BCUT2D eigenvalue weighted by Crippen LogP contribution is -2.49. The highest BCUT2D eigenvalue weighted by atomic mass is 16.9. The summed E-state index contributed by atoms with van der Waals surface area (Å²) in [6.45, 7) is 5.68. The van der Waals surface area contributed by atoms with Crippen LogP contribution in [0.15, 0.2) is 72.8 Å². The molecule has 0 aliphatic carbocycles. The van der Waals surface area contributed by atoms with Gasteiger partial charge < -0.3 is 14.5 Å². The van der Waals surface area contributed by atoms with Crippen molar-refractivity contribution in [3.63, 3.8) is 0 Å². The van der Waals surface area contributed by atoms with E-state index in [2.05, 4.69) is 25.5 Å². The topological polar surface area (TPSA) is 153 Å². The molecule has 4 rings (SSSR count). The molecule has 1 amide bonds. The molecule has 0 saturated heterocycles. The highest BCUT2D eigenvalue weighted by Crippen LogP contribution is 2.30. The van der Waals surface area contributed by atoms with E-state index in [1.165, 1.54) is 6.07 Å². The molecule has 0 bridgehead atoms. The molecule has 1 aromatic heterocycles. The second-order valence-electron chi connectivity index (χ2n) is 10.4. The van der Waals surface area contributed by atoms with Crippen molar-refractivity contribution < 1.29 is 24.3 Å². The van der Waals surface area contributed by atoms with Crippen LogP contribution in [-0.2, 0) is 27.6 Å². The van der Waals surface area contributed by atoms with Gasteiger partial charge in [0.25, 0.3) is 5.09 Å². The van der Waals surface area contributed by atoms with Gasteiger partial charge in [-0.2, -0.15) is 5.21 Å². The number of benzene rings is 3. The molecule has 0 radical (unpaired) electrons. The average molecular weight is 587 g/mol. The quantitative estimate of drug-likeness (QED) is 0.0886. The van der Waals surface area contributed by atoms with Crippen molar-refractivity contribution in [2.75, 3.05) is 0 Å². The van der Waals surface area contributed by atoms with Gasteiger partial charge in [0.1, 0.15) is 18.4 Å². The van der Waals surface area contributed by atoms with Gasteiger partial charge in [-0.15, -0.1) is 20.3 Å². The van der Waals surface area contributed by atoms with E-state index in [1.54, 1.807) is 23.1 Å². The number of hydrogen-bond acceptors (Lipinski definition) is 9. The number of aromatic nitrogens is 4. The predicted molar refractivity (Wildman–Crippen MR) is 158 cm³/mol. The minimum absolute atomic E-state index is 0.142. The summed E-state index contributed by atoms with van der Waals surface area (Å²) in [5.74, 6) is -0.276. The first-order valence-corrected chi connectivity index (χ1v) is 14.1. The summed E-state index contributed by atoms with van der Waals surface area (Å²) in [5.41, 5.74) is 4.02. The van der Waals surface area contributed by atoms with Crippen LogP contribution < -0.4 is 4.74 Å². The van der Waals surface area contributed by atoms with E-state index in [-0.39, 0.29) is 30.7 Å². The largest absolute Gasteiger partial charge is 0.425 e. The van der Waals surface area contributed by atoms with Crippen molar-refractivity contribution in [3.8, 4) is 28.3 Å². The van der Waals surface area contributed by atoms with E-state index in [0.29, 0.717) is 24.2 Å². The number of nitrogens with one attached hydrogen (secondary N) is 1. The maximum atomic E-state index is 13.6. The Morgan fingerprint density at radius 2 is 1.74 bits per heavy atom. The van der Waals surface area contributed by atoms with Crippen LogP contribution in [0.1, 0.15) is 51.2 Å². The van der Waals surface area contributed by atoms with Gasteiger partial charge in [0.15, 0.2) is 0 Å². The zero-order valence-electron chi connectivity index (χ0n) is 24.3. The third-order valence-corrected chi connectivity index (χ3v) is 6.86. The third kappa shape index (κ3) is 8.22. The Morgan fingerprint density at radius 1 is 1.00 bits per heavy atom. The van der Waals surface area contributed by atoms with Crippen molar-refractivity contribution in [1.29, 1.82) is 0 Å². The average Bonchev–Trinajstić information content (AvgIpc) is 3.54. The second-order valence-corrected chi connectivity index (χ2v) is 10.4. The fourth-order valence-corrected chi connectivity index (χ4v) is 4.77. The number of nitrogens with zero attached hydrogens (tertiary/aromatic N) is 5. The summed E-state index contributed by atoms with van der Waals surface area (Å²) in [4.78, 5) is 43.6. The van der Waals surface area contributed by atoms with Crippen molar-refractivity contribution in [3.05, 3.63) is 94.0 Å². The minimum Gasteiger partial charge on any atom is -0.425 e. The summed E-state index contributed by atoms with van der Waals surface area (Å²) in [5, 5.41) is 24.1. The molecule has 1 heterocycles. The number of unbranched alkanes of at least 4 members (excludes halogenated alkanes) is 1. The van der Waals surface area contributed by atoms with Gasteiger partial charge in [-0.1, -0.05) is 87.9 Å². The Hall–Kier alpha value is -5.13. The molecule has 0 aliphatic rings. The predicted octanol–water partition coefficient (Wildman–Crippen LogP) is 5.39. The second kappa shape index (κ2) is 14.7. The van der Waals surface area contributed by atoms with E-state index in [1.807, 2.05) is 69.3 Å². The molecular weight excluding hydrogens is 552 g/mol. The number of amides is 1. The van der Waals surface area contributed by atoms with E-state index in [4.69, 9.17) is 4.74 Å². The molecular formula is C31H34N6O6. The van der Waals surface area contributed by atoms with E-state index in [0.717, 1.165) is 28.7 Å². The van der Waals surface area contributed by atoms with E-state index >= 15 is 0 Å². The number of rotatable bonds is 14. The fraction of sp³-hybridized carbons (Fsp3) is 0.323. The molecule has 12 nitrogen and oxygen atoms in total. The Morgan fingerprint density at radius 3 is 2.40 bits per heavy atom. The van der Waals surface area contributed by atoms with Gasteiger partial charge in [0.05, 0.1) is 0 Å². The molecule has 0 fully saturated rings. The Kier molecular flexibility index (Phi) is 10.5. The molecule has 0 spiro atoms. The third-order valence-electron chi connectivity index (χ3n) is 6.86. The van der Waals surface area contributed by atoms with E-state index < -0.39 is 17.1 Å². The first kappa shape index (κ1) is 30.8. The first-order valence-electron chi connectivity index (χ1n) is 14.1. The summed E-state index contributed by atoms with van der Waals surface area (Å²) >= 11 is 0. The van der Waals surface area contributed by atoms with Crippen LogP contribution in [-0.4, -0.2) is 48.5 Å². The molecule has 0 unspecified atom stereocenters. The summed E-state index contributed by atoms with van der Waals surface area (Å²) in [7, 11) is 0. The first-order chi connectivity index (χ1) is 20.8. The van der Waals surface area contributed by atoms with Gasteiger partial charge in [-0.3, -0.25) is 4.79 Å². The SMILES string of the molecule is CCCCC(=O)N(Cc1ccc(-c2ccccc2-c2nn[nH]n2)cc1)[C@H](C(=O)Oc1cccc(CO[N+](=O)[O-])c1)C(C)C. The summed E-state index contributed by atoms with van der Waals surface area (Å²) in [6.07, 6.45) is 1.83. The monoisotopic (exact) mass is 586 g/mol. The zero-order chi connectivity index (χ0) is 30.8. The number of tetrazole rings is 1. The van der Waals surface area contributed by atoms with Crippen molar-refractivity contribution in [2.45, 2.75) is 59.2 Å². The number of aromatic amines is 1. The molecule has 4 aromatic rings. The minimum atomic E-state index is -0.882. The Balaban J connectivity index is 1.57. The Labute approximate surface area is 249 Å². The molecule has 0 aliphatic heterocycles. The number of ether oxygens (including phenoxy) is 1. The van der Waals surface area contributed by atoms with Crippen LogP contribution in [0.4, 0.5) is 0 Å². The Bertz CT molecular complexity index is 1520. The molecule has 224 valence electrons. The zero-order valence-corrected chi connectivity index (χ0v) is 24.3. The lowest BCUT2D eigenvalue weighted by atomic mass is 9.97. The van der Waals surface area contributed by atoms with Crippen LogP contribution in [0.25, 0.3) is 22.5 Å². The maximum absolute atomic E-state index is 13.6. The highest BCUT2D eigenvalue weighted by molar-refractivity contribution is 5.86. The van der Waals surface area contributed by atoms with E-state index in [9.17, 15) is 19.7 Å². The number of carbonyl (C=O) groups excluding carboxylic acids is 2. The van der Waals surface area contributed by atoms with Crippen LogP contribution >= 0.6 is 0 Å². The fourth-order valence-electron chi connectivity index (χ4n) is 4.77. The normalized spacial score (nSPS) is 11.6. The smallest absolute Gasteiger partial charge is 0.334 e. The van der Waals surface area contributed by atoms with Gasteiger partial charge >= 0.3 is 5.97 Å². The van der Waals surface area contributed by atoms with Crippen LogP contribution in [0.3, 0.4) is 0 Å². The van der Waals surface area contributed by atoms with Gasteiger partial charge in [0.2, 0.25) is 11.7 Å². The number of esters is 1. The summed E-state index contributed by atoms with van der Waals surface area (Å²) < 4.78 is 5.71. The molecule has 43 heavy (non-hydrogen) atoms. The lowest BCUT2D eigenvalue weighted by Gasteiger charge is -2.33. The van der Waals surface area contributed by atoms with Crippen molar-refractivity contribution >= 4 is 11.9 Å². The highest BCUT2D eigenvalue weighted by Gasteiger charge is 2.34. The maximum Gasteiger partial charge on any atom is 0.334 e. The summed E-state index contributed by atoms with van der Waals surface area (Å²) in [6, 6.07) is 21.0. The van der Waals surface area contributed by atoms with Crippen LogP contribution in [0, 0.1) is 16.0 Å². The van der Waals surface area contributed by atoms with Gasteiger partial charge in [-0.25, -0.2) is 4.79 Å². The van der Waals surface area contributed by atoms with Gasteiger partial charge in [-0.05, 0) is 51.9 Å². The lowest BCUT2D eigenvalue weighted by molar-refractivity contribution is -0.763.